The molecule has 0 atom stereocenters. The Labute approximate surface area is 125 Å². The van der Waals surface area contributed by atoms with Crippen molar-refractivity contribution in [2.24, 2.45) is 0 Å². The van der Waals surface area contributed by atoms with Gasteiger partial charge in [-0.1, -0.05) is 18.2 Å². The summed E-state index contributed by atoms with van der Waals surface area (Å²) >= 11 is 0. The van der Waals surface area contributed by atoms with Crippen molar-refractivity contribution < 1.29 is 9.18 Å². The number of benzene rings is 2. The molecule has 0 aliphatic carbocycles. The van der Waals surface area contributed by atoms with E-state index in [1.165, 1.54) is 17.7 Å². The van der Waals surface area contributed by atoms with E-state index in [9.17, 15) is 9.18 Å². The van der Waals surface area contributed by atoms with Crippen molar-refractivity contribution in [2.75, 3.05) is 6.54 Å². The number of nitrogens with one attached hydrogen (secondary N) is 1. The van der Waals surface area contributed by atoms with Gasteiger partial charge >= 0.3 is 0 Å². The van der Waals surface area contributed by atoms with Crippen LogP contribution in [-0.4, -0.2) is 12.5 Å². The molecule has 0 aliphatic rings. The fourth-order valence-electron chi connectivity index (χ4n) is 2.13. The van der Waals surface area contributed by atoms with Gasteiger partial charge in [0.05, 0.1) is 0 Å². The van der Waals surface area contributed by atoms with Gasteiger partial charge < -0.3 is 5.32 Å². The van der Waals surface area contributed by atoms with Crippen molar-refractivity contribution in [2.45, 2.75) is 26.7 Å². The number of carbonyl (C=O) groups is 1. The molecule has 0 heterocycles. The molecule has 0 bridgehead atoms. The van der Waals surface area contributed by atoms with Crippen LogP contribution in [-0.2, 0) is 6.42 Å². The molecule has 1 N–H and O–H groups in total. The van der Waals surface area contributed by atoms with Gasteiger partial charge in [0.2, 0.25) is 0 Å². The van der Waals surface area contributed by atoms with E-state index in [0.717, 1.165) is 24.0 Å². The van der Waals surface area contributed by atoms with Crippen molar-refractivity contribution in [3.05, 3.63) is 70.5 Å². The van der Waals surface area contributed by atoms with Gasteiger partial charge in [0, 0.05) is 12.1 Å². The molecule has 0 unspecified atom stereocenters. The molecule has 2 rings (SSSR count). The van der Waals surface area contributed by atoms with Crippen LogP contribution in [0.5, 0.6) is 0 Å². The Morgan fingerprint density at radius 2 is 1.76 bits per heavy atom. The molecular formula is C18H20FNO. The minimum atomic E-state index is -0.221. The zero-order valence-corrected chi connectivity index (χ0v) is 12.4. The lowest BCUT2D eigenvalue weighted by molar-refractivity contribution is 0.0953. The van der Waals surface area contributed by atoms with E-state index in [2.05, 4.69) is 5.32 Å². The lowest BCUT2D eigenvalue weighted by Gasteiger charge is -2.07. The van der Waals surface area contributed by atoms with Gasteiger partial charge in [0.25, 0.3) is 5.91 Å². The summed E-state index contributed by atoms with van der Waals surface area (Å²) in [7, 11) is 0. The molecule has 0 saturated carbocycles. The lowest BCUT2D eigenvalue weighted by atomic mass is 10.1. The zero-order valence-electron chi connectivity index (χ0n) is 12.4. The predicted molar refractivity (Wildman–Crippen MR) is 83.0 cm³/mol. The van der Waals surface area contributed by atoms with Crippen LogP contribution >= 0.6 is 0 Å². The van der Waals surface area contributed by atoms with E-state index >= 15 is 0 Å². The highest BCUT2D eigenvalue weighted by Crippen LogP contribution is 2.10. The maximum atomic E-state index is 12.8. The van der Waals surface area contributed by atoms with Crippen LogP contribution in [0, 0.1) is 19.7 Å². The normalized spacial score (nSPS) is 10.4. The van der Waals surface area contributed by atoms with Gasteiger partial charge in [-0.15, -0.1) is 0 Å². The van der Waals surface area contributed by atoms with Crippen molar-refractivity contribution in [1.82, 2.24) is 5.32 Å². The Kier molecular flexibility index (Phi) is 5.09. The SMILES string of the molecule is Cc1ccc(C(=O)NCCCc2ccc(F)cc2)cc1C. The van der Waals surface area contributed by atoms with Gasteiger partial charge in [0.1, 0.15) is 5.82 Å². The summed E-state index contributed by atoms with van der Waals surface area (Å²) in [5.74, 6) is -0.265. The summed E-state index contributed by atoms with van der Waals surface area (Å²) in [5, 5.41) is 2.91. The van der Waals surface area contributed by atoms with Crippen LogP contribution in [0.3, 0.4) is 0 Å². The molecule has 2 aromatic rings. The third-order valence-electron chi connectivity index (χ3n) is 3.61. The van der Waals surface area contributed by atoms with E-state index in [1.807, 2.05) is 32.0 Å². The maximum Gasteiger partial charge on any atom is 0.251 e. The molecule has 2 nitrogen and oxygen atoms in total. The maximum absolute atomic E-state index is 12.8. The number of hydrogen-bond acceptors (Lipinski definition) is 1. The lowest BCUT2D eigenvalue weighted by Crippen LogP contribution is -2.24. The largest absolute Gasteiger partial charge is 0.352 e. The van der Waals surface area contributed by atoms with Gasteiger partial charge in [-0.25, -0.2) is 4.39 Å². The molecule has 0 fully saturated rings. The zero-order chi connectivity index (χ0) is 15.2. The molecule has 0 aromatic heterocycles. The van der Waals surface area contributed by atoms with Crippen molar-refractivity contribution in [3.8, 4) is 0 Å². The van der Waals surface area contributed by atoms with Crippen LogP contribution in [0.25, 0.3) is 0 Å². The van der Waals surface area contributed by atoms with Crippen molar-refractivity contribution in [1.29, 1.82) is 0 Å². The Hall–Kier alpha value is -2.16. The van der Waals surface area contributed by atoms with E-state index < -0.39 is 0 Å². The molecule has 0 radical (unpaired) electrons. The Bertz CT molecular complexity index is 620. The highest BCUT2D eigenvalue weighted by atomic mass is 19.1. The first-order valence-corrected chi connectivity index (χ1v) is 7.16. The Morgan fingerprint density at radius 3 is 2.43 bits per heavy atom. The second-order valence-electron chi connectivity index (χ2n) is 5.28. The first-order chi connectivity index (χ1) is 10.1. The molecule has 110 valence electrons. The molecular weight excluding hydrogens is 265 g/mol. The summed E-state index contributed by atoms with van der Waals surface area (Å²) in [5.41, 5.74) is 4.08. The molecule has 21 heavy (non-hydrogen) atoms. The van der Waals surface area contributed by atoms with Crippen LogP contribution in [0.1, 0.15) is 33.5 Å². The molecule has 1 amide bonds. The summed E-state index contributed by atoms with van der Waals surface area (Å²) < 4.78 is 12.8. The standard InChI is InChI=1S/C18H20FNO/c1-13-5-8-16(12-14(13)2)18(21)20-11-3-4-15-6-9-17(19)10-7-15/h5-10,12H,3-4,11H2,1-2H3,(H,20,21). The number of hydrogen-bond donors (Lipinski definition) is 1. The summed E-state index contributed by atoms with van der Waals surface area (Å²) in [6.07, 6.45) is 1.66. The molecule has 0 spiro atoms. The number of amides is 1. The predicted octanol–water partition coefficient (Wildman–Crippen LogP) is 3.81. The smallest absolute Gasteiger partial charge is 0.251 e. The van der Waals surface area contributed by atoms with Crippen LogP contribution in [0.2, 0.25) is 0 Å². The number of aryl methyl sites for hydroxylation is 3. The molecule has 2 aromatic carbocycles. The van der Waals surface area contributed by atoms with E-state index in [0.29, 0.717) is 12.1 Å². The fourth-order valence-corrected chi connectivity index (χ4v) is 2.13. The Morgan fingerprint density at radius 1 is 1.05 bits per heavy atom. The van der Waals surface area contributed by atoms with E-state index in [-0.39, 0.29) is 11.7 Å². The molecule has 3 heteroatoms. The van der Waals surface area contributed by atoms with Gasteiger partial charge in [-0.3, -0.25) is 4.79 Å². The Balaban J connectivity index is 1.79. The molecule has 0 aliphatic heterocycles. The first kappa shape index (κ1) is 15.2. The second kappa shape index (κ2) is 7.02. The van der Waals surface area contributed by atoms with E-state index in [4.69, 9.17) is 0 Å². The third-order valence-corrected chi connectivity index (χ3v) is 3.61. The van der Waals surface area contributed by atoms with Gasteiger partial charge in [-0.2, -0.15) is 0 Å². The van der Waals surface area contributed by atoms with Crippen molar-refractivity contribution >= 4 is 5.91 Å². The monoisotopic (exact) mass is 285 g/mol. The highest BCUT2D eigenvalue weighted by molar-refractivity contribution is 5.94. The second-order valence-corrected chi connectivity index (χ2v) is 5.28. The number of carbonyl (C=O) groups excluding carboxylic acids is 1. The van der Waals surface area contributed by atoms with E-state index in [1.54, 1.807) is 12.1 Å². The summed E-state index contributed by atoms with van der Waals surface area (Å²) in [4.78, 5) is 12.0. The van der Waals surface area contributed by atoms with Crippen molar-refractivity contribution in [3.63, 3.8) is 0 Å². The average Bonchev–Trinajstić information content (AvgIpc) is 2.48. The number of halogens is 1. The summed E-state index contributed by atoms with van der Waals surface area (Å²) in [6.45, 7) is 4.64. The minimum absolute atomic E-state index is 0.0443. The third kappa shape index (κ3) is 4.42. The van der Waals surface area contributed by atoms with Gasteiger partial charge in [-0.05, 0) is 67.6 Å². The topological polar surface area (TPSA) is 29.1 Å². The van der Waals surface area contributed by atoms with Crippen LogP contribution in [0.4, 0.5) is 4.39 Å². The van der Waals surface area contributed by atoms with Gasteiger partial charge in [0.15, 0.2) is 0 Å². The average molecular weight is 285 g/mol. The molecule has 0 saturated heterocycles. The fraction of sp³-hybridized carbons (Fsp3) is 0.278. The minimum Gasteiger partial charge on any atom is -0.352 e. The highest BCUT2D eigenvalue weighted by Gasteiger charge is 2.05. The quantitative estimate of drug-likeness (QED) is 0.832. The van der Waals surface area contributed by atoms with Crippen LogP contribution in [0.15, 0.2) is 42.5 Å². The first-order valence-electron chi connectivity index (χ1n) is 7.16. The summed E-state index contributed by atoms with van der Waals surface area (Å²) in [6, 6.07) is 12.2. The van der Waals surface area contributed by atoms with Crippen LogP contribution < -0.4 is 5.32 Å². The number of rotatable bonds is 5.